The fraction of sp³-hybridized carbons (Fsp3) is 0.188. The molecule has 1 aliphatic rings. The van der Waals surface area contributed by atoms with Crippen molar-refractivity contribution in [1.82, 2.24) is 0 Å². The number of rotatable bonds is 4. The van der Waals surface area contributed by atoms with Crippen molar-refractivity contribution in [1.29, 1.82) is 0 Å². The molecule has 7 heteroatoms. The summed E-state index contributed by atoms with van der Waals surface area (Å²) in [6.45, 7) is -2.70. The highest BCUT2D eigenvalue weighted by Gasteiger charge is 2.40. The van der Waals surface area contributed by atoms with Gasteiger partial charge < -0.3 is 15.2 Å². The quantitative estimate of drug-likeness (QED) is 0.877. The van der Waals surface area contributed by atoms with Gasteiger partial charge in [-0.2, -0.15) is 8.78 Å². The first kappa shape index (κ1) is 15.7. The van der Waals surface area contributed by atoms with Crippen LogP contribution in [0, 0.1) is 0 Å². The summed E-state index contributed by atoms with van der Waals surface area (Å²) in [6.07, 6.45) is 0. The van der Waals surface area contributed by atoms with Crippen LogP contribution < -0.4 is 10.5 Å². The monoisotopic (exact) mass is 382 g/mol. The first-order chi connectivity index (χ1) is 11.0. The Balaban J connectivity index is 2.11. The molecule has 0 saturated heterocycles. The van der Waals surface area contributed by atoms with E-state index < -0.39 is 12.2 Å². The molecule has 0 spiro atoms. The van der Waals surface area contributed by atoms with Crippen molar-refractivity contribution < 1.29 is 18.3 Å². The molecule has 2 N–H and O–H groups in total. The standard InChI is InChI=1S/C16H13BrF2N2O2/c17-12-5-1-3-10(7-12)16(9-22-15(20)21-16)11-4-2-6-13(8-11)23-14(18)19/h1-8,14H,9H2,(H2,20,21). The van der Waals surface area contributed by atoms with E-state index in [1.807, 2.05) is 24.3 Å². The summed E-state index contributed by atoms with van der Waals surface area (Å²) >= 11 is 3.42. The molecule has 0 fully saturated rings. The van der Waals surface area contributed by atoms with Gasteiger partial charge >= 0.3 is 6.61 Å². The summed E-state index contributed by atoms with van der Waals surface area (Å²) in [5, 5.41) is 0. The van der Waals surface area contributed by atoms with Crippen LogP contribution in [0.3, 0.4) is 0 Å². The summed E-state index contributed by atoms with van der Waals surface area (Å²) in [5.41, 5.74) is 6.31. The zero-order chi connectivity index (χ0) is 16.4. The summed E-state index contributed by atoms with van der Waals surface area (Å²) < 4.78 is 35.6. The molecular formula is C16H13BrF2N2O2. The highest BCUT2D eigenvalue weighted by molar-refractivity contribution is 9.10. The fourth-order valence-electron chi connectivity index (χ4n) is 2.57. The zero-order valence-electron chi connectivity index (χ0n) is 11.9. The fourth-order valence-corrected chi connectivity index (χ4v) is 2.97. The number of nitrogens with two attached hydrogens (primary N) is 1. The van der Waals surface area contributed by atoms with E-state index in [1.54, 1.807) is 12.1 Å². The number of aliphatic imine (C=N–C) groups is 1. The molecule has 1 heterocycles. The lowest BCUT2D eigenvalue weighted by Crippen LogP contribution is -2.27. The van der Waals surface area contributed by atoms with Crippen molar-refractivity contribution in [3.05, 3.63) is 64.1 Å². The molecule has 120 valence electrons. The van der Waals surface area contributed by atoms with Crippen LogP contribution in [0.25, 0.3) is 0 Å². The highest BCUT2D eigenvalue weighted by Crippen LogP contribution is 2.39. The second-order valence-electron chi connectivity index (χ2n) is 5.02. The van der Waals surface area contributed by atoms with E-state index >= 15 is 0 Å². The molecule has 0 saturated carbocycles. The van der Waals surface area contributed by atoms with Gasteiger partial charge in [0, 0.05) is 4.47 Å². The molecule has 2 aromatic rings. The lowest BCUT2D eigenvalue weighted by molar-refractivity contribution is -0.0499. The van der Waals surface area contributed by atoms with Gasteiger partial charge in [-0.25, -0.2) is 4.99 Å². The summed E-state index contributed by atoms with van der Waals surface area (Å²) in [5.74, 6) is 0.0625. The maximum Gasteiger partial charge on any atom is 0.387 e. The topological polar surface area (TPSA) is 56.8 Å². The van der Waals surface area contributed by atoms with Crippen LogP contribution in [0.15, 0.2) is 58.0 Å². The molecule has 0 aliphatic carbocycles. The Labute approximate surface area is 140 Å². The number of hydrogen-bond acceptors (Lipinski definition) is 4. The van der Waals surface area contributed by atoms with Crippen molar-refractivity contribution in [3.63, 3.8) is 0 Å². The third-order valence-electron chi connectivity index (χ3n) is 3.57. The van der Waals surface area contributed by atoms with Crippen molar-refractivity contribution in [2.75, 3.05) is 6.61 Å². The molecule has 4 nitrogen and oxygen atoms in total. The average molecular weight is 383 g/mol. The minimum absolute atomic E-state index is 0.0603. The van der Waals surface area contributed by atoms with E-state index in [0.717, 1.165) is 10.0 Å². The Bertz CT molecular complexity index is 754. The molecule has 1 atom stereocenters. The molecule has 0 bridgehead atoms. The van der Waals surface area contributed by atoms with Crippen LogP contribution in [0.1, 0.15) is 11.1 Å². The molecule has 0 aromatic heterocycles. The lowest BCUT2D eigenvalue weighted by Gasteiger charge is -2.26. The van der Waals surface area contributed by atoms with Crippen LogP contribution >= 0.6 is 15.9 Å². The van der Waals surface area contributed by atoms with Crippen molar-refractivity contribution in [3.8, 4) is 5.75 Å². The number of alkyl halides is 2. The third-order valence-corrected chi connectivity index (χ3v) is 4.06. The van der Waals surface area contributed by atoms with Crippen molar-refractivity contribution in [2.24, 2.45) is 10.7 Å². The van der Waals surface area contributed by atoms with Gasteiger partial charge in [-0.05, 0) is 35.4 Å². The second kappa shape index (κ2) is 6.16. The van der Waals surface area contributed by atoms with Gasteiger partial charge in [0.15, 0.2) is 5.54 Å². The minimum Gasteiger partial charge on any atom is -0.462 e. The van der Waals surface area contributed by atoms with Crippen LogP contribution in [0.2, 0.25) is 0 Å². The van der Waals surface area contributed by atoms with Gasteiger partial charge in [-0.15, -0.1) is 0 Å². The third kappa shape index (κ3) is 3.14. The van der Waals surface area contributed by atoms with Crippen LogP contribution in [0.4, 0.5) is 8.78 Å². The number of amidine groups is 1. The Kier molecular flexibility index (Phi) is 4.21. The lowest BCUT2D eigenvalue weighted by atomic mass is 9.84. The van der Waals surface area contributed by atoms with Crippen LogP contribution in [-0.2, 0) is 10.3 Å². The predicted molar refractivity (Wildman–Crippen MR) is 85.6 cm³/mol. The van der Waals surface area contributed by atoms with Gasteiger partial charge in [-0.1, -0.05) is 40.2 Å². The zero-order valence-corrected chi connectivity index (χ0v) is 13.5. The highest BCUT2D eigenvalue weighted by atomic mass is 79.9. The van der Waals surface area contributed by atoms with E-state index in [-0.39, 0.29) is 18.4 Å². The molecule has 2 aromatic carbocycles. The molecule has 3 rings (SSSR count). The summed E-state index contributed by atoms with van der Waals surface area (Å²) in [7, 11) is 0. The molecule has 0 radical (unpaired) electrons. The van der Waals surface area contributed by atoms with Crippen molar-refractivity contribution in [2.45, 2.75) is 12.2 Å². The van der Waals surface area contributed by atoms with Crippen LogP contribution in [0.5, 0.6) is 5.75 Å². The number of halogens is 3. The molecule has 23 heavy (non-hydrogen) atoms. The second-order valence-corrected chi connectivity index (χ2v) is 5.93. The first-order valence-corrected chi connectivity index (χ1v) is 7.58. The van der Waals surface area contributed by atoms with E-state index in [0.29, 0.717) is 5.56 Å². The smallest absolute Gasteiger partial charge is 0.387 e. The van der Waals surface area contributed by atoms with Crippen LogP contribution in [-0.4, -0.2) is 19.2 Å². The molecule has 1 unspecified atom stereocenters. The average Bonchev–Trinajstić information content (AvgIpc) is 2.90. The number of nitrogens with zero attached hydrogens (tertiary/aromatic N) is 1. The molecule has 1 aliphatic heterocycles. The largest absolute Gasteiger partial charge is 0.462 e. The Hall–Kier alpha value is -2.15. The van der Waals surface area contributed by atoms with Gasteiger partial charge in [0.2, 0.25) is 0 Å². The van der Waals surface area contributed by atoms with Gasteiger partial charge in [0.1, 0.15) is 12.4 Å². The first-order valence-electron chi connectivity index (χ1n) is 6.79. The predicted octanol–water partition coefficient (Wildman–Crippen LogP) is 3.64. The van der Waals surface area contributed by atoms with Gasteiger partial charge in [0.05, 0.1) is 0 Å². The summed E-state index contributed by atoms with van der Waals surface area (Å²) in [4.78, 5) is 4.43. The molecular weight excluding hydrogens is 370 g/mol. The summed E-state index contributed by atoms with van der Waals surface area (Å²) in [6, 6.07) is 14.0. The van der Waals surface area contributed by atoms with Gasteiger partial charge in [0.25, 0.3) is 6.02 Å². The maximum atomic E-state index is 12.5. The van der Waals surface area contributed by atoms with E-state index in [2.05, 4.69) is 25.7 Å². The van der Waals surface area contributed by atoms with E-state index in [9.17, 15) is 8.78 Å². The van der Waals surface area contributed by atoms with E-state index in [4.69, 9.17) is 10.5 Å². The Morgan fingerprint density at radius 2 is 1.87 bits per heavy atom. The van der Waals surface area contributed by atoms with Gasteiger partial charge in [-0.3, -0.25) is 0 Å². The number of ether oxygens (including phenoxy) is 2. The maximum absolute atomic E-state index is 12.5. The SMILES string of the molecule is NC1=NC(c2cccc(Br)c2)(c2cccc(OC(F)F)c2)CO1. The number of hydrogen-bond donors (Lipinski definition) is 1. The van der Waals surface area contributed by atoms with Crippen molar-refractivity contribution >= 4 is 22.0 Å². The Morgan fingerprint density at radius 1 is 1.17 bits per heavy atom. The minimum atomic E-state index is -2.89. The Morgan fingerprint density at radius 3 is 2.48 bits per heavy atom. The normalized spacial score (nSPS) is 20.3. The number of benzene rings is 2. The van der Waals surface area contributed by atoms with E-state index in [1.165, 1.54) is 12.1 Å². The molecule has 0 amide bonds.